The van der Waals surface area contributed by atoms with E-state index in [9.17, 15) is 9.18 Å². The second-order valence-corrected chi connectivity index (χ2v) is 7.56. The molecule has 0 saturated carbocycles. The van der Waals surface area contributed by atoms with E-state index in [4.69, 9.17) is 0 Å². The van der Waals surface area contributed by atoms with Crippen molar-refractivity contribution in [3.63, 3.8) is 0 Å². The molecule has 0 atom stereocenters. The number of nitrogens with zero attached hydrogens (tertiary/aromatic N) is 3. The van der Waals surface area contributed by atoms with Crippen LogP contribution in [0.2, 0.25) is 0 Å². The summed E-state index contributed by atoms with van der Waals surface area (Å²) in [4.78, 5) is 11.3. The highest BCUT2D eigenvalue weighted by Crippen LogP contribution is 2.30. The summed E-state index contributed by atoms with van der Waals surface area (Å²) in [6.07, 6.45) is 0. The van der Waals surface area contributed by atoms with Gasteiger partial charge in [-0.15, -0.1) is 10.2 Å². The van der Waals surface area contributed by atoms with E-state index in [2.05, 4.69) is 15.5 Å². The highest BCUT2D eigenvalue weighted by Gasteiger charge is 2.17. The van der Waals surface area contributed by atoms with Gasteiger partial charge in [0.1, 0.15) is 5.82 Å². The number of rotatable bonds is 6. The Morgan fingerprint density at radius 2 is 1.67 bits per heavy atom. The van der Waals surface area contributed by atoms with Gasteiger partial charge in [0.15, 0.2) is 11.0 Å². The van der Waals surface area contributed by atoms with Crippen molar-refractivity contribution in [3.8, 4) is 17.1 Å². The van der Waals surface area contributed by atoms with Gasteiger partial charge in [0.25, 0.3) is 0 Å². The van der Waals surface area contributed by atoms with Crippen molar-refractivity contribution in [2.75, 3.05) is 5.32 Å². The Morgan fingerprint density at radius 1 is 0.967 bits per heavy atom. The van der Waals surface area contributed by atoms with E-state index in [1.807, 2.05) is 65.2 Å². The third kappa shape index (κ3) is 4.41. The number of aromatic nitrogens is 3. The molecule has 0 aliphatic heterocycles. The molecule has 1 aromatic heterocycles. The van der Waals surface area contributed by atoms with Crippen molar-refractivity contribution in [1.82, 2.24) is 14.8 Å². The fourth-order valence-corrected chi connectivity index (χ4v) is 3.96. The third-order valence-corrected chi connectivity index (χ3v) is 5.40. The van der Waals surface area contributed by atoms with Crippen LogP contribution in [0.1, 0.15) is 12.5 Å². The molecule has 0 saturated heterocycles. The van der Waals surface area contributed by atoms with E-state index in [1.54, 1.807) is 12.1 Å². The van der Waals surface area contributed by atoms with Gasteiger partial charge in [0.05, 0.1) is 0 Å². The van der Waals surface area contributed by atoms with Gasteiger partial charge >= 0.3 is 0 Å². The van der Waals surface area contributed by atoms with E-state index in [0.717, 1.165) is 11.3 Å². The molecule has 150 valence electrons. The SMILES string of the molecule is CC(=O)Nc1ccc(-c2nnc(SCc3ccccc3F)n2-c2ccccc2)cc1. The fourth-order valence-electron chi connectivity index (χ4n) is 3.02. The van der Waals surface area contributed by atoms with Crippen LogP contribution in [-0.4, -0.2) is 20.7 Å². The summed E-state index contributed by atoms with van der Waals surface area (Å²) in [5, 5.41) is 12.2. The number of para-hydroxylation sites is 1. The van der Waals surface area contributed by atoms with Crippen molar-refractivity contribution in [2.45, 2.75) is 17.8 Å². The largest absolute Gasteiger partial charge is 0.326 e. The average Bonchev–Trinajstić information content (AvgIpc) is 3.18. The van der Waals surface area contributed by atoms with Gasteiger partial charge in [-0.05, 0) is 48.0 Å². The van der Waals surface area contributed by atoms with Gasteiger partial charge in [-0.2, -0.15) is 0 Å². The average molecular weight is 418 g/mol. The molecule has 4 aromatic rings. The Hall–Kier alpha value is -3.45. The first kappa shape index (κ1) is 19.8. The van der Waals surface area contributed by atoms with E-state index in [-0.39, 0.29) is 11.7 Å². The zero-order valence-corrected chi connectivity index (χ0v) is 17.1. The van der Waals surface area contributed by atoms with E-state index in [0.29, 0.717) is 28.0 Å². The van der Waals surface area contributed by atoms with E-state index >= 15 is 0 Å². The summed E-state index contributed by atoms with van der Waals surface area (Å²) in [6.45, 7) is 1.47. The number of halogens is 1. The number of hydrogen-bond donors (Lipinski definition) is 1. The molecule has 0 bridgehead atoms. The summed E-state index contributed by atoms with van der Waals surface area (Å²) in [5.41, 5.74) is 3.11. The predicted octanol–water partition coefficient (Wildman–Crippen LogP) is 5.32. The second kappa shape index (κ2) is 8.92. The van der Waals surface area contributed by atoms with Gasteiger partial charge in [0, 0.05) is 29.6 Å². The molecule has 0 unspecified atom stereocenters. The highest BCUT2D eigenvalue weighted by atomic mass is 32.2. The van der Waals surface area contributed by atoms with Crippen molar-refractivity contribution in [3.05, 3.63) is 90.2 Å². The maximum absolute atomic E-state index is 14.0. The molecule has 1 N–H and O–H groups in total. The lowest BCUT2D eigenvalue weighted by Crippen LogP contribution is -2.05. The van der Waals surface area contributed by atoms with Crippen LogP contribution in [-0.2, 0) is 10.5 Å². The van der Waals surface area contributed by atoms with Gasteiger partial charge in [-0.1, -0.05) is 48.2 Å². The lowest BCUT2D eigenvalue weighted by Gasteiger charge is -2.11. The molecule has 0 aliphatic carbocycles. The quantitative estimate of drug-likeness (QED) is 0.430. The van der Waals surface area contributed by atoms with Crippen LogP contribution >= 0.6 is 11.8 Å². The number of benzene rings is 3. The molecular formula is C23H19FN4OS. The predicted molar refractivity (Wildman–Crippen MR) is 117 cm³/mol. The number of anilines is 1. The molecule has 0 radical (unpaired) electrons. The second-order valence-electron chi connectivity index (χ2n) is 6.62. The number of carbonyl (C=O) groups excluding carboxylic acids is 1. The molecule has 0 spiro atoms. The minimum atomic E-state index is -0.232. The first-order valence-corrected chi connectivity index (χ1v) is 10.4. The number of hydrogen-bond acceptors (Lipinski definition) is 4. The van der Waals surface area contributed by atoms with E-state index < -0.39 is 0 Å². The summed E-state index contributed by atoms with van der Waals surface area (Å²) in [5.74, 6) is 0.761. The summed E-state index contributed by atoms with van der Waals surface area (Å²) < 4.78 is 16.0. The molecular weight excluding hydrogens is 399 g/mol. The summed E-state index contributed by atoms with van der Waals surface area (Å²) in [6, 6.07) is 24.0. The molecule has 7 heteroatoms. The monoisotopic (exact) mass is 418 g/mol. The molecule has 0 aliphatic rings. The van der Waals surface area contributed by atoms with Crippen LogP contribution in [0.15, 0.2) is 84.0 Å². The van der Waals surface area contributed by atoms with Crippen LogP contribution in [0.3, 0.4) is 0 Å². The van der Waals surface area contributed by atoms with Crippen LogP contribution in [0, 0.1) is 5.82 Å². The van der Waals surface area contributed by atoms with Gasteiger partial charge in [0.2, 0.25) is 5.91 Å². The maximum Gasteiger partial charge on any atom is 0.221 e. The Kier molecular flexibility index (Phi) is 5.90. The van der Waals surface area contributed by atoms with Gasteiger partial charge in [-0.25, -0.2) is 4.39 Å². The van der Waals surface area contributed by atoms with Crippen LogP contribution < -0.4 is 5.32 Å². The first-order valence-electron chi connectivity index (χ1n) is 9.37. The standard InChI is InChI=1S/C23H19FN4OS/c1-16(29)25-19-13-11-17(12-14-19)22-26-27-23(28(22)20-8-3-2-4-9-20)30-15-18-7-5-6-10-21(18)24/h2-14H,15H2,1H3,(H,25,29). The Bertz CT molecular complexity index is 1160. The van der Waals surface area contributed by atoms with E-state index in [1.165, 1.54) is 24.8 Å². The molecule has 0 fully saturated rings. The Morgan fingerprint density at radius 3 is 2.37 bits per heavy atom. The van der Waals surface area contributed by atoms with Crippen LogP contribution in [0.5, 0.6) is 0 Å². The molecule has 1 heterocycles. The maximum atomic E-state index is 14.0. The molecule has 3 aromatic carbocycles. The Balaban J connectivity index is 1.69. The van der Waals surface area contributed by atoms with Crippen LogP contribution in [0.4, 0.5) is 10.1 Å². The minimum absolute atomic E-state index is 0.123. The number of nitrogens with one attached hydrogen (secondary N) is 1. The highest BCUT2D eigenvalue weighted by molar-refractivity contribution is 7.98. The zero-order valence-electron chi connectivity index (χ0n) is 16.2. The zero-order chi connectivity index (χ0) is 20.9. The molecule has 1 amide bonds. The number of thioether (sulfide) groups is 1. The first-order chi connectivity index (χ1) is 14.6. The van der Waals surface area contributed by atoms with Gasteiger partial charge < -0.3 is 5.32 Å². The van der Waals surface area contributed by atoms with Crippen LogP contribution in [0.25, 0.3) is 17.1 Å². The van der Waals surface area contributed by atoms with Gasteiger partial charge in [-0.3, -0.25) is 9.36 Å². The number of amides is 1. The lowest BCUT2D eigenvalue weighted by atomic mass is 10.2. The van der Waals surface area contributed by atoms with Crippen molar-refractivity contribution in [2.24, 2.45) is 0 Å². The van der Waals surface area contributed by atoms with Crippen molar-refractivity contribution in [1.29, 1.82) is 0 Å². The number of carbonyl (C=O) groups is 1. The Labute approximate surface area is 178 Å². The summed E-state index contributed by atoms with van der Waals surface area (Å²) >= 11 is 1.43. The smallest absolute Gasteiger partial charge is 0.221 e. The molecule has 5 nitrogen and oxygen atoms in total. The molecule has 4 rings (SSSR count). The van der Waals surface area contributed by atoms with Crippen molar-refractivity contribution >= 4 is 23.4 Å². The third-order valence-electron chi connectivity index (χ3n) is 4.43. The molecule has 30 heavy (non-hydrogen) atoms. The normalized spacial score (nSPS) is 10.7. The lowest BCUT2D eigenvalue weighted by molar-refractivity contribution is -0.114. The minimum Gasteiger partial charge on any atom is -0.326 e. The van der Waals surface area contributed by atoms with Crippen molar-refractivity contribution < 1.29 is 9.18 Å². The topological polar surface area (TPSA) is 59.8 Å². The summed E-state index contributed by atoms with van der Waals surface area (Å²) in [7, 11) is 0. The fraction of sp³-hybridized carbons (Fsp3) is 0.0870.